The Balaban J connectivity index is 2.26. The number of rotatable bonds is 4. The number of ketones is 1. The second kappa shape index (κ2) is 7.20. The topological polar surface area (TPSA) is 80.9 Å². The van der Waals surface area contributed by atoms with Gasteiger partial charge in [0.2, 0.25) is 5.75 Å². The van der Waals surface area contributed by atoms with Gasteiger partial charge in [0.25, 0.3) is 0 Å². The SMILES string of the molecule is COc1ccc(C2C3=C(CCCC3=O)N=C(C)C2C#N)c(OC)c1OC. The summed E-state index contributed by atoms with van der Waals surface area (Å²) < 4.78 is 16.5. The van der Waals surface area contributed by atoms with E-state index >= 15 is 0 Å². The molecule has 2 aliphatic rings. The summed E-state index contributed by atoms with van der Waals surface area (Å²) in [7, 11) is 4.64. The predicted molar refractivity (Wildman–Crippen MR) is 96.9 cm³/mol. The molecule has 0 saturated carbocycles. The average molecular weight is 354 g/mol. The molecule has 2 atom stereocenters. The zero-order chi connectivity index (χ0) is 18.8. The van der Waals surface area contributed by atoms with Crippen molar-refractivity contribution in [1.82, 2.24) is 0 Å². The number of hydrogen-bond donors (Lipinski definition) is 0. The molecule has 0 radical (unpaired) electrons. The zero-order valence-electron chi connectivity index (χ0n) is 15.5. The fraction of sp³-hybridized carbons (Fsp3) is 0.450. The first-order valence-electron chi connectivity index (χ1n) is 8.57. The summed E-state index contributed by atoms with van der Waals surface area (Å²) in [4.78, 5) is 17.3. The summed E-state index contributed by atoms with van der Waals surface area (Å²) in [6, 6.07) is 5.95. The summed E-state index contributed by atoms with van der Waals surface area (Å²) in [5, 5.41) is 9.80. The number of Topliss-reactive ketones (excluding diaryl/α,β-unsaturated/α-hetero) is 1. The first-order chi connectivity index (χ1) is 12.6. The van der Waals surface area contributed by atoms with Crippen molar-refractivity contribution in [2.75, 3.05) is 21.3 Å². The van der Waals surface area contributed by atoms with E-state index in [0.29, 0.717) is 29.2 Å². The number of nitrogens with zero attached hydrogens (tertiary/aromatic N) is 2. The second-order valence-corrected chi connectivity index (χ2v) is 6.40. The van der Waals surface area contributed by atoms with Crippen LogP contribution >= 0.6 is 0 Å². The highest BCUT2D eigenvalue weighted by Gasteiger charge is 2.41. The molecular formula is C20H22N2O4. The fourth-order valence-electron chi connectivity index (χ4n) is 3.88. The van der Waals surface area contributed by atoms with Crippen molar-refractivity contribution < 1.29 is 19.0 Å². The van der Waals surface area contributed by atoms with E-state index in [9.17, 15) is 10.1 Å². The Labute approximate surface area is 153 Å². The summed E-state index contributed by atoms with van der Waals surface area (Å²) in [6.45, 7) is 1.84. The van der Waals surface area contributed by atoms with Crippen LogP contribution < -0.4 is 14.2 Å². The number of nitriles is 1. The Bertz CT molecular complexity index is 848. The molecule has 0 fully saturated rings. The minimum Gasteiger partial charge on any atom is -0.493 e. The first-order valence-corrected chi connectivity index (χ1v) is 8.57. The van der Waals surface area contributed by atoms with E-state index in [2.05, 4.69) is 11.1 Å². The van der Waals surface area contributed by atoms with Crippen LogP contribution in [-0.4, -0.2) is 32.8 Å². The van der Waals surface area contributed by atoms with E-state index in [1.54, 1.807) is 20.3 Å². The van der Waals surface area contributed by atoms with E-state index in [0.717, 1.165) is 29.8 Å². The molecule has 0 N–H and O–H groups in total. The van der Waals surface area contributed by atoms with Crippen molar-refractivity contribution in [2.45, 2.75) is 32.1 Å². The van der Waals surface area contributed by atoms with Gasteiger partial charge in [-0.15, -0.1) is 0 Å². The molecule has 0 spiro atoms. The lowest BCUT2D eigenvalue weighted by molar-refractivity contribution is -0.116. The van der Waals surface area contributed by atoms with Crippen molar-refractivity contribution in [3.05, 3.63) is 29.0 Å². The number of methoxy groups -OCH3 is 3. The normalized spacial score (nSPS) is 22.3. The number of allylic oxidation sites excluding steroid dienone is 2. The Kier molecular flexibility index (Phi) is 4.99. The molecule has 3 rings (SSSR count). The van der Waals surface area contributed by atoms with Gasteiger partial charge in [0.1, 0.15) is 0 Å². The number of aliphatic imine (C=N–C) groups is 1. The molecule has 0 saturated heterocycles. The molecule has 26 heavy (non-hydrogen) atoms. The van der Waals surface area contributed by atoms with Crippen LogP contribution in [0.15, 0.2) is 28.4 Å². The van der Waals surface area contributed by atoms with Gasteiger partial charge < -0.3 is 14.2 Å². The molecule has 0 amide bonds. The fourth-order valence-corrected chi connectivity index (χ4v) is 3.88. The smallest absolute Gasteiger partial charge is 0.203 e. The minimum absolute atomic E-state index is 0.0598. The van der Waals surface area contributed by atoms with E-state index < -0.39 is 11.8 Å². The zero-order valence-corrected chi connectivity index (χ0v) is 15.5. The Hall–Kier alpha value is -2.81. The Morgan fingerprint density at radius 2 is 1.85 bits per heavy atom. The molecule has 1 aliphatic heterocycles. The van der Waals surface area contributed by atoms with E-state index in [4.69, 9.17) is 14.2 Å². The average Bonchev–Trinajstić information content (AvgIpc) is 2.65. The van der Waals surface area contributed by atoms with Crippen molar-refractivity contribution >= 4 is 11.5 Å². The number of carbonyl (C=O) groups is 1. The molecule has 1 heterocycles. The quantitative estimate of drug-likeness (QED) is 0.827. The highest BCUT2D eigenvalue weighted by Crippen LogP contribution is 2.50. The molecule has 6 nitrogen and oxygen atoms in total. The highest BCUT2D eigenvalue weighted by molar-refractivity contribution is 6.03. The van der Waals surface area contributed by atoms with E-state index in [1.165, 1.54) is 7.11 Å². The molecule has 0 aromatic heterocycles. The molecule has 1 aromatic carbocycles. The number of ether oxygens (including phenoxy) is 3. The van der Waals surface area contributed by atoms with Gasteiger partial charge >= 0.3 is 0 Å². The van der Waals surface area contributed by atoms with Gasteiger partial charge in [-0.25, -0.2) is 0 Å². The molecule has 6 heteroatoms. The van der Waals surface area contributed by atoms with Crippen LogP contribution in [-0.2, 0) is 4.79 Å². The summed E-state index contributed by atoms with van der Waals surface area (Å²) in [5.41, 5.74) is 2.91. The van der Waals surface area contributed by atoms with Gasteiger partial charge in [0.15, 0.2) is 17.3 Å². The van der Waals surface area contributed by atoms with Crippen molar-refractivity contribution in [3.63, 3.8) is 0 Å². The number of hydrogen-bond acceptors (Lipinski definition) is 6. The molecule has 1 aliphatic carbocycles. The standard InChI is InChI=1S/C20H22N2O4/c1-11-13(10-21)17(18-14(22-11)6-5-7-15(18)23)12-8-9-16(24-2)20(26-4)19(12)25-3/h8-9,13,17H,5-7H2,1-4H3. The summed E-state index contributed by atoms with van der Waals surface area (Å²) >= 11 is 0. The monoisotopic (exact) mass is 354 g/mol. The van der Waals surface area contributed by atoms with Gasteiger partial charge in [0, 0.05) is 34.9 Å². The lowest BCUT2D eigenvalue weighted by Gasteiger charge is -2.33. The first kappa shape index (κ1) is 18.0. The summed E-state index contributed by atoms with van der Waals surface area (Å²) in [5.74, 6) is 0.584. The van der Waals surface area contributed by atoms with Gasteiger partial charge in [0.05, 0.1) is 33.3 Å². The second-order valence-electron chi connectivity index (χ2n) is 6.40. The third-order valence-electron chi connectivity index (χ3n) is 5.04. The van der Waals surface area contributed by atoms with Crippen LogP contribution in [0.1, 0.15) is 37.7 Å². The minimum atomic E-state index is -0.525. The van der Waals surface area contributed by atoms with Gasteiger partial charge in [-0.3, -0.25) is 9.79 Å². The predicted octanol–water partition coefficient (Wildman–Crippen LogP) is 3.42. The number of carbonyl (C=O) groups excluding carboxylic acids is 1. The molecular weight excluding hydrogens is 332 g/mol. The lowest BCUT2D eigenvalue weighted by atomic mass is 9.72. The Morgan fingerprint density at radius 3 is 2.46 bits per heavy atom. The van der Waals surface area contributed by atoms with Gasteiger partial charge in [-0.2, -0.15) is 5.26 Å². The van der Waals surface area contributed by atoms with Crippen LogP contribution in [0.4, 0.5) is 0 Å². The third kappa shape index (κ3) is 2.74. The molecule has 2 unspecified atom stereocenters. The van der Waals surface area contributed by atoms with Crippen LogP contribution in [0, 0.1) is 17.2 Å². The maximum Gasteiger partial charge on any atom is 0.203 e. The van der Waals surface area contributed by atoms with Crippen LogP contribution in [0.3, 0.4) is 0 Å². The summed E-state index contributed by atoms with van der Waals surface area (Å²) in [6.07, 6.45) is 2.03. The van der Waals surface area contributed by atoms with Gasteiger partial charge in [-0.05, 0) is 25.8 Å². The Morgan fingerprint density at radius 1 is 1.12 bits per heavy atom. The van der Waals surface area contributed by atoms with Gasteiger partial charge in [-0.1, -0.05) is 6.07 Å². The maximum absolute atomic E-state index is 12.7. The van der Waals surface area contributed by atoms with Crippen LogP contribution in [0.2, 0.25) is 0 Å². The third-order valence-corrected chi connectivity index (χ3v) is 5.04. The van der Waals surface area contributed by atoms with Crippen molar-refractivity contribution in [1.29, 1.82) is 5.26 Å². The van der Waals surface area contributed by atoms with Crippen molar-refractivity contribution in [2.24, 2.45) is 10.9 Å². The van der Waals surface area contributed by atoms with Crippen LogP contribution in [0.25, 0.3) is 0 Å². The lowest BCUT2D eigenvalue weighted by Crippen LogP contribution is -2.31. The highest BCUT2D eigenvalue weighted by atomic mass is 16.5. The van der Waals surface area contributed by atoms with Crippen LogP contribution in [0.5, 0.6) is 17.2 Å². The number of benzene rings is 1. The van der Waals surface area contributed by atoms with Crippen molar-refractivity contribution in [3.8, 4) is 23.3 Å². The van der Waals surface area contributed by atoms with E-state index in [-0.39, 0.29) is 5.78 Å². The van der Waals surface area contributed by atoms with E-state index in [1.807, 2.05) is 13.0 Å². The molecule has 0 bridgehead atoms. The largest absolute Gasteiger partial charge is 0.493 e. The molecule has 136 valence electrons. The maximum atomic E-state index is 12.7. The molecule has 1 aromatic rings.